The second kappa shape index (κ2) is 20.5. The van der Waals surface area contributed by atoms with Crippen molar-refractivity contribution in [3.05, 3.63) is 48.0 Å². The van der Waals surface area contributed by atoms with Crippen molar-refractivity contribution in [1.29, 1.82) is 0 Å². The number of unbranched alkanes of at least 4 members (excludes halogenated alkanes) is 12. The highest BCUT2D eigenvalue weighted by atomic mass is 16.7. The maximum absolute atomic E-state index is 11.5. The van der Waals surface area contributed by atoms with Gasteiger partial charge in [0, 0.05) is 0 Å². The van der Waals surface area contributed by atoms with Gasteiger partial charge in [0.25, 0.3) is 0 Å². The summed E-state index contributed by atoms with van der Waals surface area (Å²) in [4.78, 5) is 16.7. The first-order valence-electron chi connectivity index (χ1n) is 12.1. The highest BCUT2D eigenvalue weighted by molar-refractivity contribution is 5.65. The van der Waals surface area contributed by atoms with Crippen LogP contribution in [-0.2, 0) is 16.2 Å². The van der Waals surface area contributed by atoms with E-state index in [1.165, 1.54) is 77.0 Å². The Morgan fingerprint density at radius 2 is 1.37 bits per heavy atom. The Kier molecular flexibility index (Phi) is 17.9. The van der Waals surface area contributed by atoms with Gasteiger partial charge in [0.2, 0.25) is 0 Å². The van der Waals surface area contributed by atoms with Crippen LogP contribution in [0.25, 0.3) is 0 Å². The van der Waals surface area contributed by atoms with Crippen LogP contribution < -0.4 is 5.48 Å². The standard InChI is InChI=1S/C26H43NO3/c1-2-3-4-5-6-7-8-9-10-11-12-13-14-15-16-20-23-30-27-26(28)29-24-25-21-18-17-19-22-25/h9-10,17-19,21-22H,2-8,11-16,20,23-24H2,1H3,(H,27,28)/b10-9-. The highest BCUT2D eigenvalue weighted by Gasteiger charge is 2.02. The predicted molar refractivity (Wildman–Crippen MR) is 125 cm³/mol. The first kappa shape index (κ1) is 26.2. The van der Waals surface area contributed by atoms with Crippen LogP contribution in [0.4, 0.5) is 4.79 Å². The number of rotatable bonds is 19. The lowest BCUT2D eigenvalue weighted by Gasteiger charge is -2.07. The Labute approximate surface area is 184 Å². The third kappa shape index (κ3) is 17.1. The summed E-state index contributed by atoms with van der Waals surface area (Å²) in [6, 6.07) is 9.60. The molecule has 0 bridgehead atoms. The summed E-state index contributed by atoms with van der Waals surface area (Å²) >= 11 is 0. The topological polar surface area (TPSA) is 47.6 Å². The Morgan fingerprint density at radius 3 is 2.00 bits per heavy atom. The molecule has 0 atom stereocenters. The number of hydrogen-bond acceptors (Lipinski definition) is 3. The van der Waals surface area contributed by atoms with Gasteiger partial charge in [0.15, 0.2) is 0 Å². The molecule has 0 fully saturated rings. The Bertz CT molecular complexity index is 530. The van der Waals surface area contributed by atoms with Crippen LogP contribution >= 0.6 is 0 Å². The second-order valence-electron chi connectivity index (χ2n) is 7.95. The number of hydroxylamine groups is 1. The average molecular weight is 418 g/mol. The Hall–Kier alpha value is -1.81. The fourth-order valence-corrected chi connectivity index (χ4v) is 3.28. The van der Waals surface area contributed by atoms with E-state index in [9.17, 15) is 4.79 Å². The van der Waals surface area contributed by atoms with E-state index in [2.05, 4.69) is 24.6 Å². The van der Waals surface area contributed by atoms with E-state index in [1.807, 2.05) is 30.3 Å². The van der Waals surface area contributed by atoms with Crippen LogP contribution in [0.1, 0.15) is 102 Å². The molecular weight excluding hydrogens is 374 g/mol. The van der Waals surface area contributed by atoms with Crippen LogP contribution in [0, 0.1) is 0 Å². The lowest BCUT2D eigenvalue weighted by Crippen LogP contribution is -2.25. The summed E-state index contributed by atoms with van der Waals surface area (Å²) in [5.74, 6) is 0. The number of allylic oxidation sites excluding steroid dienone is 2. The third-order valence-electron chi connectivity index (χ3n) is 5.13. The van der Waals surface area contributed by atoms with Crippen molar-refractivity contribution in [2.24, 2.45) is 0 Å². The summed E-state index contributed by atoms with van der Waals surface area (Å²) in [6.07, 6.45) is 22.1. The lowest BCUT2D eigenvalue weighted by molar-refractivity contribution is 0.0236. The molecule has 0 aromatic heterocycles. The number of nitrogens with one attached hydrogen (secondary N) is 1. The smallest absolute Gasteiger partial charge is 0.431 e. The molecule has 0 aliphatic rings. The number of hydrogen-bond donors (Lipinski definition) is 1. The highest BCUT2D eigenvalue weighted by Crippen LogP contribution is 2.10. The SMILES string of the molecule is CCCCCCCC/C=C\CCCCCCCCONC(=O)OCc1ccccc1. The molecule has 0 saturated carbocycles. The van der Waals surface area contributed by atoms with E-state index < -0.39 is 6.09 Å². The van der Waals surface area contributed by atoms with Crippen LogP contribution in [0.3, 0.4) is 0 Å². The molecule has 0 spiro atoms. The molecule has 1 amide bonds. The summed E-state index contributed by atoms with van der Waals surface area (Å²) in [6.45, 7) is 3.05. The van der Waals surface area contributed by atoms with Crippen molar-refractivity contribution in [2.45, 2.75) is 103 Å². The summed E-state index contributed by atoms with van der Waals surface area (Å²) in [7, 11) is 0. The minimum Gasteiger partial charge on any atom is -0.443 e. The molecular formula is C26H43NO3. The molecule has 1 aromatic rings. The maximum atomic E-state index is 11.5. The molecule has 1 N–H and O–H groups in total. The van der Waals surface area contributed by atoms with E-state index in [0.717, 1.165) is 18.4 Å². The van der Waals surface area contributed by atoms with Gasteiger partial charge in [0.1, 0.15) is 6.61 Å². The zero-order valence-electron chi connectivity index (χ0n) is 19.1. The fourth-order valence-electron chi connectivity index (χ4n) is 3.28. The van der Waals surface area contributed by atoms with E-state index >= 15 is 0 Å². The zero-order valence-corrected chi connectivity index (χ0v) is 19.1. The van der Waals surface area contributed by atoms with Crippen LogP contribution in [0.15, 0.2) is 42.5 Å². The third-order valence-corrected chi connectivity index (χ3v) is 5.13. The summed E-state index contributed by atoms with van der Waals surface area (Å²) in [5, 5.41) is 0. The van der Waals surface area contributed by atoms with E-state index in [-0.39, 0.29) is 6.61 Å². The van der Waals surface area contributed by atoms with Gasteiger partial charge in [0.05, 0.1) is 6.61 Å². The molecule has 0 unspecified atom stereocenters. The number of amides is 1. The largest absolute Gasteiger partial charge is 0.443 e. The molecule has 4 heteroatoms. The summed E-state index contributed by atoms with van der Waals surface area (Å²) < 4.78 is 5.08. The minimum atomic E-state index is -0.539. The van der Waals surface area contributed by atoms with Gasteiger partial charge in [-0.2, -0.15) is 5.48 Å². The molecule has 1 aromatic carbocycles. The monoisotopic (exact) mass is 417 g/mol. The number of ether oxygens (including phenoxy) is 1. The average Bonchev–Trinajstić information content (AvgIpc) is 2.77. The van der Waals surface area contributed by atoms with Gasteiger partial charge in [-0.1, -0.05) is 107 Å². The van der Waals surface area contributed by atoms with Crippen molar-refractivity contribution >= 4 is 6.09 Å². The first-order valence-corrected chi connectivity index (χ1v) is 12.1. The number of carbonyl (C=O) groups is 1. The van der Waals surface area contributed by atoms with E-state index in [0.29, 0.717) is 6.61 Å². The quantitative estimate of drug-likeness (QED) is 0.141. The van der Waals surface area contributed by atoms with Gasteiger partial charge in [-0.05, 0) is 37.7 Å². The molecule has 0 aliphatic heterocycles. The Morgan fingerprint density at radius 1 is 0.800 bits per heavy atom. The van der Waals surface area contributed by atoms with Gasteiger partial charge in [-0.3, -0.25) is 4.84 Å². The van der Waals surface area contributed by atoms with E-state index in [1.54, 1.807) is 0 Å². The van der Waals surface area contributed by atoms with Gasteiger partial charge in [-0.25, -0.2) is 4.79 Å². The van der Waals surface area contributed by atoms with Crippen molar-refractivity contribution in [3.63, 3.8) is 0 Å². The van der Waals surface area contributed by atoms with Crippen LogP contribution in [0.5, 0.6) is 0 Å². The van der Waals surface area contributed by atoms with Gasteiger partial charge < -0.3 is 4.74 Å². The molecule has 0 heterocycles. The van der Waals surface area contributed by atoms with Crippen molar-refractivity contribution < 1.29 is 14.4 Å². The summed E-state index contributed by atoms with van der Waals surface area (Å²) in [5.41, 5.74) is 3.30. The van der Waals surface area contributed by atoms with Crippen molar-refractivity contribution in [1.82, 2.24) is 5.48 Å². The van der Waals surface area contributed by atoms with Crippen molar-refractivity contribution in [3.8, 4) is 0 Å². The van der Waals surface area contributed by atoms with Gasteiger partial charge >= 0.3 is 6.09 Å². The number of carbonyl (C=O) groups excluding carboxylic acids is 1. The predicted octanol–water partition coefficient (Wildman–Crippen LogP) is 7.88. The molecule has 0 aliphatic carbocycles. The maximum Gasteiger partial charge on any atom is 0.431 e. The van der Waals surface area contributed by atoms with Crippen molar-refractivity contribution in [2.75, 3.05) is 6.61 Å². The molecule has 30 heavy (non-hydrogen) atoms. The molecule has 4 nitrogen and oxygen atoms in total. The normalized spacial score (nSPS) is 11.1. The minimum absolute atomic E-state index is 0.254. The van der Waals surface area contributed by atoms with Crippen LogP contribution in [0.2, 0.25) is 0 Å². The van der Waals surface area contributed by atoms with Crippen LogP contribution in [-0.4, -0.2) is 12.7 Å². The Balaban J connectivity index is 1.77. The molecule has 170 valence electrons. The molecule has 0 saturated heterocycles. The fraction of sp³-hybridized carbons (Fsp3) is 0.654. The van der Waals surface area contributed by atoms with E-state index in [4.69, 9.17) is 9.57 Å². The molecule has 1 rings (SSSR count). The lowest BCUT2D eigenvalue weighted by atomic mass is 10.1. The van der Waals surface area contributed by atoms with Gasteiger partial charge in [-0.15, -0.1) is 0 Å². The zero-order chi connectivity index (χ0) is 21.5. The number of benzene rings is 1. The molecule has 0 radical (unpaired) electrons. The first-order chi connectivity index (χ1) is 14.8. The second-order valence-corrected chi connectivity index (χ2v) is 7.95.